The number of rotatable bonds is 46. The smallest absolute Gasteiger partial charge is 0.306 e. The second-order valence-electron chi connectivity index (χ2n) is 17.1. The molecule has 0 bridgehead atoms. The fourth-order valence-electron chi connectivity index (χ4n) is 6.90. The molecule has 0 aromatic carbocycles. The molecular weight excluding hydrogens is 793 g/mol. The Kier molecular flexibility index (Phi) is 49.0. The second-order valence-corrected chi connectivity index (χ2v) is 17.1. The Labute approximate surface area is 394 Å². The van der Waals surface area contributed by atoms with Crippen molar-refractivity contribution in [2.45, 2.75) is 239 Å². The molecule has 64 heavy (non-hydrogen) atoms. The number of esters is 3. The van der Waals surface area contributed by atoms with Gasteiger partial charge >= 0.3 is 17.9 Å². The molecule has 0 N–H and O–H groups in total. The molecule has 0 saturated carbocycles. The van der Waals surface area contributed by atoms with E-state index < -0.39 is 6.10 Å². The lowest BCUT2D eigenvalue weighted by atomic mass is 10.1. The zero-order valence-electron chi connectivity index (χ0n) is 41.5. The number of ether oxygens (including phenoxy) is 3. The normalized spacial score (nSPS) is 12.9. The van der Waals surface area contributed by atoms with Gasteiger partial charge in [-0.2, -0.15) is 0 Å². The van der Waals surface area contributed by atoms with Crippen LogP contribution in [0.5, 0.6) is 0 Å². The molecule has 0 saturated heterocycles. The summed E-state index contributed by atoms with van der Waals surface area (Å²) in [6, 6.07) is 0. The van der Waals surface area contributed by atoms with E-state index in [-0.39, 0.29) is 37.5 Å². The molecule has 0 fully saturated rings. The van der Waals surface area contributed by atoms with E-state index in [0.717, 1.165) is 103 Å². The maximum absolute atomic E-state index is 12.8. The average Bonchev–Trinajstić information content (AvgIpc) is 3.29. The van der Waals surface area contributed by atoms with Crippen molar-refractivity contribution < 1.29 is 28.6 Å². The molecule has 0 amide bonds. The molecule has 0 rings (SSSR count). The number of carbonyl (C=O) groups excluding carboxylic acids is 3. The Morgan fingerprint density at radius 1 is 0.328 bits per heavy atom. The van der Waals surface area contributed by atoms with Gasteiger partial charge in [0.1, 0.15) is 13.2 Å². The van der Waals surface area contributed by atoms with Gasteiger partial charge in [-0.05, 0) is 96.3 Å². The van der Waals surface area contributed by atoms with Crippen LogP contribution in [0.3, 0.4) is 0 Å². The third-order valence-corrected chi connectivity index (χ3v) is 10.8. The molecular formula is C58H96O6. The molecule has 0 aliphatic carbocycles. The Bertz CT molecular complexity index is 1300. The summed E-state index contributed by atoms with van der Waals surface area (Å²) in [5, 5.41) is 0. The molecule has 6 nitrogen and oxygen atoms in total. The molecule has 1 atom stereocenters. The summed E-state index contributed by atoms with van der Waals surface area (Å²) in [5.74, 6) is -0.980. The lowest BCUT2D eigenvalue weighted by Gasteiger charge is -2.18. The molecule has 0 aliphatic heterocycles. The number of hydrogen-bond donors (Lipinski definition) is 0. The van der Waals surface area contributed by atoms with Crippen LogP contribution in [0.25, 0.3) is 0 Å². The molecule has 0 spiro atoms. The molecule has 0 unspecified atom stereocenters. The van der Waals surface area contributed by atoms with E-state index in [1.54, 1.807) is 0 Å². The van der Waals surface area contributed by atoms with Crippen LogP contribution >= 0.6 is 0 Å². The van der Waals surface area contributed by atoms with Crippen molar-refractivity contribution in [1.29, 1.82) is 0 Å². The quantitative estimate of drug-likeness (QED) is 0.0262. The van der Waals surface area contributed by atoms with Gasteiger partial charge in [-0.3, -0.25) is 14.4 Å². The molecule has 0 aromatic heterocycles. The van der Waals surface area contributed by atoms with Crippen molar-refractivity contribution >= 4 is 17.9 Å². The zero-order chi connectivity index (χ0) is 46.5. The minimum Gasteiger partial charge on any atom is -0.462 e. The third kappa shape index (κ3) is 49.3. The highest BCUT2D eigenvalue weighted by atomic mass is 16.6. The van der Waals surface area contributed by atoms with Crippen molar-refractivity contribution in [3.63, 3.8) is 0 Å². The van der Waals surface area contributed by atoms with E-state index in [0.29, 0.717) is 19.3 Å². The van der Waals surface area contributed by atoms with Crippen LogP contribution in [0.1, 0.15) is 233 Å². The van der Waals surface area contributed by atoms with Crippen LogP contribution in [-0.2, 0) is 28.6 Å². The number of carbonyl (C=O) groups is 3. The second kappa shape index (κ2) is 52.0. The van der Waals surface area contributed by atoms with Crippen LogP contribution in [0, 0.1) is 0 Å². The van der Waals surface area contributed by atoms with E-state index in [4.69, 9.17) is 14.2 Å². The van der Waals surface area contributed by atoms with Crippen LogP contribution in [0.4, 0.5) is 0 Å². The highest BCUT2D eigenvalue weighted by molar-refractivity contribution is 5.71. The van der Waals surface area contributed by atoms with Crippen LogP contribution in [0.2, 0.25) is 0 Å². The highest BCUT2D eigenvalue weighted by Crippen LogP contribution is 2.13. The minimum absolute atomic E-state index is 0.104. The van der Waals surface area contributed by atoms with E-state index in [9.17, 15) is 14.4 Å². The number of allylic oxidation sites excluding steroid dienone is 16. The van der Waals surface area contributed by atoms with Gasteiger partial charge in [0.15, 0.2) is 6.10 Å². The summed E-state index contributed by atoms with van der Waals surface area (Å²) in [6.07, 6.45) is 68.2. The number of unbranched alkanes of at least 4 members (excludes halogenated alkanes) is 19. The van der Waals surface area contributed by atoms with Gasteiger partial charge in [0.25, 0.3) is 0 Å². The average molecular weight is 889 g/mol. The van der Waals surface area contributed by atoms with Gasteiger partial charge in [0, 0.05) is 19.3 Å². The van der Waals surface area contributed by atoms with Crippen molar-refractivity contribution in [3.05, 3.63) is 97.2 Å². The maximum atomic E-state index is 12.8. The van der Waals surface area contributed by atoms with Gasteiger partial charge in [0.2, 0.25) is 0 Å². The molecule has 6 heteroatoms. The van der Waals surface area contributed by atoms with E-state index in [1.165, 1.54) is 83.5 Å². The summed E-state index contributed by atoms with van der Waals surface area (Å²) in [7, 11) is 0. The summed E-state index contributed by atoms with van der Waals surface area (Å²) in [6.45, 7) is 6.42. The minimum atomic E-state index is -0.811. The Morgan fingerprint density at radius 2 is 0.625 bits per heavy atom. The first-order chi connectivity index (χ1) is 31.5. The largest absolute Gasteiger partial charge is 0.462 e. The molecule has 0 heterocycles. The molecule has 0 radical (unpaired) electrons. The lowest BCUT2D eigenvalue weighted by molar-refractivity contribution is -0.167. The third-order valence-electron chi connectivity index (χ3n) is 10.8. The maximum Gasteiger partial charge on any atom is 0.306 e. The summed E-state index contributed by atoms with van der Waals surface area (Å²) in [4.78, 5) is 37.9. The Hall–Kier alpha value is -3.67. The van der Waals surface area contributed by atoms with Crippen molar-refractivity contribution in [2.24, 2.45) is 0 Å². The molecule has 0 aromatic rings. The predicted molar refractivity (Wildman–Crippen MR) is 274 cm³/mol. The van der Waals surface area contributed by atoms with E-state index in [1.807, 2.05) is 0 Å². The van der Waals surface area contributed by atoms with Crippen molar-refractivity contribution in [1.82, 2.24) is 0 Å². The van der Waals surface area contributed by atoms with Crippen molar-refractivity contribution in [2.75, 3.05) is 13.2 Å². The van der Waals surface area contributed by atoms with Crippen LogP contribution < -0.4 is 0 Å². The highest BCUT2D eigenvalue weighted by Gasteiger charge is 2.19. The predicted octanol–water partition coefficient (Wildman–Crippen LogP) is 17.4. The Balaban J connectivity index is 4.46. The molecule has 364 valence electrons. The molecule has 0 aliphatic rings. The van der Waals surface area contributed by atoms with Gasteiger partial charge in [-0.1, -0.05) is 214 Å². The topological polar surface area (TPSA) is 78.9 Å². The van der Waals surface area contributed by atoms with Crippen LogP contribution in [-0.4, -0.2) is 37.2 Å². The van der Waals surface area contributed by atoms with Gasteiger partial charge in [-0.15, -0.1) is 0 Å². The summed E-state index contributed by atoms with van der Waals surface area (Å²) < 4.78 is 16.7. The van der Waals surface area contributed by atoms with Crippen LogP contribution in [0.15, 0.2) is 97.2 Å². The zero-order valence-corrected chi connectivity index (χ0v) is 41.5. The van der Waals surface area contributed by atoms with E-state index in [2.05, 4.69) is 118 Å². The van der Waals surface area contributed by atoms with E-state index >= 15 is 0 Å². The fraction of sp³-hybridized carbons (Fsp3) is 0.672. The monoisotopic (exact) mass is 889 g/mol. The first-order valence-corrected chi connectivity index (χ1v) is 26.2. The van der Waals surface area contributed by atoms with Gasteiger partial charge in [-0.25, -0.2) is 0 Å². The standard InChI is InChI=1S/C58H96O6/c1-4-7-10-13-16-19-22-24-26-28-29-31-32-34-36-39-42-45-48-51-57(60)63-54-55(53-62-56(59)50-47-44-41-38-21-18-15-12-9-6-3)64-58(61)52-49-46-43-40-37-35-33-30-27-25-23-20-17-14-11-8-5-2/h8,11,16-17,19-20,24-27,29,31,33,35,40,43,55H,4-7,9-10,12-15,18,21-23,28,30,32,34,36-39,41-42,44-54H2,1-3H3/b11-8-,19-16-,20-17-,26-24-,27-25-,31-29-,35-33-,43-40-/t55-/m1/s1. The summed E-state index contributed by atoms with van der Waals surface area (Å²) >= 11 is 0. The fourth-order valence-corrected chi connectivity index (χ4v) is 6.90. The van der Waals surface area contributed by atoms with Gasteiger partial charge < -0.3 is 14.2 Å². The first kappa shape index (κ1) is 60.3. The van der Waals surface area contributed by atoms with Gasteiger partial charge in [0.05, 0.1) is 0 Å². The lowest BCUT2D eigenvalue weighted by Crippen LogP contribution is -2.30. The Morgan fingerprint density at radius 3 is 1.03 bits per heavy atom. The number of hydrogen-bond acceptors (Lipinski definition) is 6. The summed E-state index contributed by atoms with van der Waals surface area (Å²) in [5.41, 5.74) is 0. The van der Waals surface area contributed by atoms with Crippen molar-refractivity contribution in [3.8, 4) is 0 Å². The first-order valence-electron chi connectivity index (χ1n) is 26.2. The SMILES string of the molecule is CC/C=C\C/C=C\C/C=C\C/C=C\C/C=C\CCCC(=O)O[C@@H](COC(=O)CCCCCCCC/C=C\C/C=C\C/C=C\CCCCC)COC(=O)CCCCCCCCCCCC.